The summed E-state index contributed by atoms with van der Waals surface area (Å²) in [6, 6.07) is 0. The minimum atomic E-state index is -0.678. The van der Waals surface area contributed by atoms with Crippen molar-refractivity contribution in [2.24, 2.45) is 5.41 Å². The van der Waals surface area contributed by atoms with Crippen LogP contribution in [-0.4, -0.2) is 37.5 Å². The van der Waals surface area contributed by atoms with Gasteiger partial charge in [0.2, 0.25) is 5.60 Å². The molecule has 0 N–H and O–H groups in total. The van der Waals surface area contributed by atoms with Crippen LogP contribution in [0, 0.1) is 5.41 Å². The predicted octanol–water partition coefficient (Wildman–Crippen LogP) is 0.418. The zero-order valence-electron chi connectivity index (χ0n) is 8.54. The first kappa shape index (κ1) is 8.30. The van der Waals surface area contributed by atoms with Crippen LogP contribution < -0.4 is 0 Å². The third-order valence-corrected chi connectivity index (χ3v) is 4.22. The lowest BCUT2D eigenvalue weighted by atomic mass is 9.70. The fourth-order valence-corrected chi connectivity index (χ4v) is 3.29. The SMILES string of the molecule is CC12COCC1=C1COC(=O)C13OC3C2. The van der Waals surface area contributed by atoms with Crippen molar-refractivity contribution in [2.45, 2.75) is 25.0 Å². The third kappa shape index (κ3) is 0.732. The molecule has 0 amide bonds. The molecule has 3 atom stereocenters. The van der Waals surface area contributed by atoms with Gasteiger partial charge in [-0.2, -0.15) is 0 Å². The summed E-state index contributed by atoms with van der Waals surface area (Å²) in [4.78, 5) is 11.6. The summed E-state index contributed by atoms with van der Waals surface area (Å²) in [7, 11) is 0. The van der Waals surface area contributed by atoms with Crippen LogP contribution in [0.2, 0.25) is 0 Å². The lowest BCUT2D eigenvalue weighted by Crippen LogP contribution is -2.35. The molecule has 3 saturated heterocycles. The summed E-state index contributed by atoms with van der Waals surface area (Å²) in [6.45, 7) is 3.98. The number of rotatable bonds is 0. The zero-order chi connectivity index (χ0) is 10.3. The molecular formula is C11H12O4. The fourth-order valence-electron chi connectivity index (χ4n) is 3.29. The van der Waals surface area contributed by atoms with E-state index in [4.69, 9.17) is 14.2 Å². The van der Waals surface area contributed by atoms with Crippen molar-refractivity contribution in [1.29, 1.82) is 0 Å². The van der Waals surface area contributed by atoms with Crippen LogP contribution in [-0.2, 0) is 19.0 Å². The molecule has 0 aromatic carbocycles. The quantitative estimate of drug-likeness (QED) is 0.329. The normalized spacial score (nSPS) is 51.0. The molecule has 4 heteroatoms. The molecule has 0 aromatic heterocycles. The molecule has 4 aliphatic rings. The van der Waals surface area contributed by atoms with E-state index in [9.17, 15) is 4.79 Å². The highest BCUT2D eigenvalue weighted by Crippen LogP contribution is 2.60. The summed E-state index contributed by atoms with van der Waals surface area (Å²) in [5, 5.41) is 0. The average molecular weight is 208 g/mol. The Morgan fingerprint density at radius 3 is 3.07 bits per heavy atom. The van der Waals surface area contributed by atoms with Gasteiger partial charge in [-0.15, -0.1) is 0 Å². The maximum atomic E-state index is 11.6. The van der Waals surface area contributed by atoms with Crippen LogP contribution in [0.5, 0.6) is 0 Å². The van der Waals surface area contributed by atoms with Crippen LogP contribution in [0.15, 0.2) is 11.1 Å². The van der Waals surface area contributed by atoms with Crippen molar-refractivity contribution in [3.05, 3.63) is 11.1 Å². The second kappa shape index (κ2) is 2.13. The van der Waals surface area contributed by atoms with Gasteiger partial charge >= 0.3 is 5.97 Å². The Balaban J connectivity index is 1.94. The number of cyclic esters (lactones) is 1. The molecule has 15 heavy (non-hydrogen) atoms. The molecule has 1 spiro atoms. The van der Waals surface area contributed by atoms with Crippen molar-refractivity contribution in [3.8, 4) is 0 Å². The van der Waals surface area contributed by atoms with Crippen LogP contribution in [0.25, 0.3) is 0 Å². The van der Waals surface area contributed by atoms with E-state index >= 15 is 0 Å². The molecular weight excluding hydrogens is 196 g/mol. The third-order valence-electron chi connectivity index (χ3n) is 4.22. The number of epoxide rings is 1. The first-order chi connectivity index (χ1) is 7.17. The van der Waals surface area contributed by atoms with E-state index in [1.54, 1.807) is 0 Å². The predicted molar refractivity (Wildman–Crippen MR) is 49.1 cm³/mol. The van der Waals surface area contributed by atoms with Gasteiger partial charge in [0.05, 0.1) is 13.2 Å². The van der Waals surface area contributed by atoms with Crippen LogP contribution in [0.1, 0.15) is 13.3 Å². The smallest absolute Gasteiger partial charge is 0.346 e. The van der Waals surface area contributed by atoms with E-state index in [1.807, 2.05) is 0 Å². The monoisotopic (exact) mass is 208 g/mol. The maximum Gasteiger partial charge on any atom is 0.346 e. The van der Waals surface area contributed by atoms with Gasteiger partial charge in [0.15, 0.2) is 0 Å². The van der Waals surface area contributed by atoms with E-state index < -0.39 is 5.60 Å². The lowest BCUT2D eigenvalue weighted by Gasteiger charge is -2.28. The molecule has 80 valence electrons. The maximum absolute atomic E-state index is 11.6. The van der Waals surface area contributed by atoms with Gasteiger partial charge in [0.25, 0.3) is 0 Å². The minimum absolute atomic E-state index is 0.0398. The van der Waals surface area contributed by atoms with E-state index in [1.165, 1.54) is 5.57 Å². The summed E-state index contributed by atoms with van der Waals surface area (Å²) in [5.74, 6) is -0.191. The molecule has 3 unspecified atom stereocenters. The second-order valence-electron chi connectivity index (χ2n) is 5.13. The van der Waals surface area contributed by atoms with Crippen molar-refractivity contribution in [3.63, 3.8) is 0 Å². The van der Waals surface area contributed by atoms with Gasteiger partial charge in [-0.1, -0.05) is 6.92 Å². The van der Waals surface area contributed by atoms with Gasteiger partial charge in [-0.3, -0.25) is 0 Å². The largest absolute Gasteiger partial charge is 0.459 e. The van der Waals surface area contributed by atoms with Crippen molar-refractivity contribution < 1.29 is 19.0 Å². The molecule has 3 aliphatic heterocycles. The Morgan fingerprint density at radius 1 is 1.33 bits per heavy atom. The molecule has 1 aliphatic carbocycles. The molecule has 3 heterocycles. The number of carbonyl (C=O) groups excluding carboxylic acids is 1. The Labute approximate surface area is 87.2 Å². The summed E-state index contributed by atoms with van der Waals surface area (Å²) in [6.07, 6.45) is 0.930. The Bertz CT molecular complexity index is 413. The highest BCUT2D eigenvalue weighted by atomic mass is 16.7. The standard InChI is InChI=1S/C11H12O4/c1-10-2-8-11(15-8)7(4-14-9(11)12)6(10)3-13-5-10/h8H,2-5H2,1H3. The Morgan fingerprint density at radius 2 is 2.20 bits per heavy atom. The highest BCUT2D eigenvalue weighted by molar-refractivity contribution is 5.91. The summed E-state index contributed by atoms with van der Waals surface area (Å²) >= 11 is 0. The summed E-state index contributed by atoms with van der Waals surface area (Å²) in [5.41, 5.74) is 1.71. The summed E-state index contributed by atoms with van der Waals surface area (Å²) < 4.78 is 16.3. The Hall–Kier alpha value is -0.870. The van der Waals surface area contributed by atoms with Gasteiger partial charge in [-0.05, 0) is 12.0 Å². The van der Waals surface area contributed by atoms with Crippen LogP contribution >= 0.6 is 0 Å². The fraction of sp³-hybridized carbons (Fsp3) is 0.727. The molecule has 0 saturated carbocycles. The topological polar surface area (TPSA) is 48.1 Å². The van der Waals surface area contributed by atoms with E-state index in [0.29, 0.717) is 13.2 Å². The second-order valence-corrected chi connectivity index (χ2v) is 5.13. The number of esters is 1. The van der Waals surface area contributed by atoms with E-state index in [0.717, 1.165) is 18.6 Å². The van der Waals surface area contributed by atoms with E-state index in [2.05, 4.69) is 6.92 Å². The number of fused-ring (bicyclic) bond motifs is 1. The van der Waals surface area contributed by atoms with E-state index in [-0.39, 0.29) is 17.5 Å². The van der Waals surface area contributed by atoms with Crippen LogP contribution in [0.3, 0.4) is 0 Å². The highest BCUT2D eigenvalue weighted by Gasteiger charge is 2.74. The van der Waals surface area contributed by atoms with Gasteiger partial charge in [-0.25, -0.2) is 4.79 Å². The first-order valence-electron chi connectivity index (χ1n) is 5.33. The number of hydrogen-bond acceptors (Lipinski definition) is 4. The molecule has 4 nitrogen and oxygen atoms in total. The molecule has 4 rings (SSSR count). The minimum Gasteiger partial charge on any atom is -0.459 e. The lowest BCUT2D eigenvalue weighted by molar-refractivity contribution is -0.142. The van der Waals surface area contributed by atoms with Crippen LogP contribution in [0.4, 0.5) is 0 Å². The van der Waals surface area contributed by atoms with Gasteiger partial charge < -0.3 is 14.2 Å². The Kier molecular flexibility index (Phi) is 1.18. The number of hydrogen-bond donors (Lipinski definition) is 0. The molecule has 0 aromatic rings. The van der Waals surface area contributed by atoms with Crippen molar-refractivity contribution in [2.75, 3.05) is 19.8 Å². The van der Waals surface area contributed by atoms with Crippen molar-refractivity contribution in [1.82, 2.24) is 0 Å². The average Bonchev–Trinajstić information content (AvgIpc) is 2.63. The molecule has 0 radical (unpaired) electrons. The van der Waals surface area contributed by atoms with Crippen molar-refractivity contribution >= 4 is 5.97 Å². The van der Waals surface area contributed by atoms with Gasteiger partial charge in [0, 0.05) is 11.0 Å². The number of carbonyl (C=O) groups is 1. The molecule has 0 bridgehead atoms. The van der Waals surface area contributed by atoms with Gasteiger partial charge in [0.1, 0.15) is 12.7 Å². The zero-order valence-corrected chi connectivity index (χ0v) is 8.54. The first-order valence-corrected chi connectivity index (χ1v) is 5.33. The molecule has 3 fully saturated rings. The number of ether oxygens (including phenoxy) is 3.